The molecule has 0 heterocycles. The maximum absolute atomic E-state index is 5.85. The van der Waals surface area contributed by atoms with Crippen molar-refractivity contribution in [3.8, 4) is 5.75 Å². The van der Waals surface area contributed by atoms with Crippen molar-refractivity contribution in [1.82, 2.24) is 10.6 Å². The van der Waals surface area contributed by atoms with Gasteiger partial charge in [-0.15, -0.1) is 30.6 Å². The maximum Gasteiger partial charge on any atom is 0.191 e. The molecule has 1 rings (SSSR count). The lowest BCUT2D eigenvalue weighted by Gasteiger charge is -2.13. The van der Waals surface area contributed by atoms with E-state index in [0.717, 1.165) is 30.4 Å². The zero-order valence-electron chi connectivity index (χ0n) is 13.8. The van der Waals surface area contributed by atoms with Crippen LogP contribution in [0.4, 0.5) is 0 Å². The van der Waals surface area contributed by atoms with Crippen LogP contribution in [0.15, 0.2) is 41.9 Å². The van der Waals surface area contributed by atoms with Crippen LogP contribution in [-0.2, 0) is 6.54 Å². The molecule has 0 spiro atoms. The maximum atomic E-state index is 5.85. The van der Waals surface area contributed by atoms with Gasteiger partial charge < -0.3 is 15.4 Å². The van der Waals surface area contributed by atoms with Crippen molar-refractivity contribution < 1.29 is 4.74 Å². The van der Waals surface area contributed by atoms with E-state index in [9.17, 15) is 0 Å². The third kappa shape index (κ3) is 8.26. The molecular formula is C17H28IN3O. The average molecular weight is 417 g/mol. The number of ether oxygens (including phenoxy) is 1. The van der Waals surface area contributed by atoms with Gasteiger partial charge in [0, 0.05) is 18.7 Å². The molecule has 0 saturated heterocycles. The number of guanidine groups is 1. The first kappa shape index (κ1) is 20.8. The van der Waals surface area contributed by atoms with E-state index in [4.69, 9.17) is 4.74 Å². The fraction of sp³-hybridized carbons (Fsp3) is 0.471. The Morgan fingerprint density at radius 3 is 2.68 bits per heavy atom. The molecule has 2 N–H and O–H groups in total. The molecule has 0 unspecified atom stereocenters. The van der Waals surface area contributed by atoms with Gasteiger partial charge in [-0.2, -0.15) is 0 Å². The zero-order valence-corrected chi connectivity index (χ0v) is 16.1. The van der Waals surface area contributed by atoms with Crippen molar-refractivity contribution >= 4 is 29.9 Å². The fourth-order valence-electron chi connectivity index (χ4n) is 1.71. The Balaban J connectivity index is 0.00000441. The van der Waals surface area contributed by atoms with Crippen molar-refractivity contribution in [3.05, 3.63) is 42.5 Å². The van der Waals surface area contributed by atoms with Crippen LogP contribution >= 0.6 is 24.0 Å². The second-order valence-electron chi connectivity index (χ2n) is 5.18. The first-order valence-corrected chi connectivity index (χ1v) is 7.51. The Labute approximate surface area is 151 Å². The normalized spacial score (nSPS) is 10.8. The number of benzene rings is 1. The molecule has 124 valence electrons. The van der Waals surface area contributed by atoms with Crippen LogP contribution in [0.5, 0.6) is 5.75 Å². The minimum Gasteiger partial charge on any atom is -0.493 e. The largest absolute Gasteiger partial charge is 0.493 e. The standard InChI is InChI=1S/C17H27N3O.HI/c1-5-11-19-17(18-6-2)20-12-15-9-7-8-10-16(15)21-13-14(3)4;/h5,7-10,14H,1,6,11-13H2,2-4H3,(H2,18,19,20);1H. The average Bonchev–Trinajstić information content (AvgIpc) is 2.48. The highest BCUT2D eigenvalue weighted by atomic mass is 127. The molecule has 5 heteroatoms. The van der Waals surface area contributed by atoms with Crippen LogP contribution < -0.4 is 15.4 Å². The van der Waals surface area contributed by atoms with Crippen LogP contribution in [0, 0.1) is 5.92 Å². The summed E-state index contributed by atoms with van der Waals surface area (Å²) in [6, 6.07) is 8.05. The molecule has 4 nitrogen and oxygen atoms in total. The first-order valence-electron chi connectivity index (χ1n) is 7.51. The molecule has 1 aromatic rings. The van der Waals surface area contributed by atoms with Crippen LogP contribution in [0.25, 0.3) is 0 Å². The molecule has 0 aliphatic heterocycles. The molecule has 22 heavy (non-hydrogen) atoms. The van der Waals surface area contributed by atoms with Gasteiger partial charge in [-0.05, 0) is 18.9 Å². The zero-order chi connectivity index (χ0) is 15.5. The fourth-order valence-corrected chi connectivity index (χ4v) is 1.71. The van der Waals surface area contributed by atoms with E-state index >= 15 is 0 Å². The SMILES string of the molecule is C=CCNC(=NCc1ccccc1OCC(C)C)NCC.I. The summed E-state index contributed by atoms with van der Waals surface area (Å²) in [6.45, 7) is 12.9. The summed E-state index contributed by atoms with van der Waals surface area (Å²) in [5.74, 6) is 2.21. The molecular weight excluding hydrogens is 389 g/mol. The van der Waals surface area contributed by atoms with Crippen LogP contribution in [0.1, 0.15) is 26.3 Å². The van der Waals surface area contributed by atoms with E-state index in [0.29, 0.717) is 19.0 Å². The number of rotatable bonds is 8. The molecule has 0 aromatic heterocycles. The summed E-state index contributed by atoms with van der Waals surface area (Å²) in [7, 11) is 0. The van der Waals surface area contributed by atoms with Gasteiger partial charge in [-0.25, -0.2) is 4.99 Å². The number of hydrogen-bond acceptors (Lipinski definition) is 2. The highest BCUT2D eigenvalue weighted by Gasteiger charge is 2.04. The molecule has 0 aliphatic rings. The molecule has 0 bridgehead atoms. The Bertz CT molecular complexity index is 461. The van der Waals surface area contributed by atoms with Gasteiger partial charge in [0.15, 0.2) is 5.96 Å². The van der Waals surface area contributed by atoms with E-state index in [2.05, 4.69) is 42.1 Å². The van der Waals surface area contributed by atoms with Crippen molar-refractivity contribution in [3.63, 3.8) is 0 Å². The van der Waals surface area contributed by atoms with Gasteiger partial charge in [-0.3, -0.25) is 0 Å². The van der Waals surface area contributed by atoms with Gasteiger partial charge in [0.25, 0.3) is 0 Å². The second kappa shape index (κ2) is 12.3. The predicted molar refractivity (Wildman–Crippen MR) is 105 cm³/mol. The molecule has 0 fully saturated rings. The van der Waals surface area contributed by atoms with Crippen molar-refractivity contribution in [1.29, 1.82) is 0 Å². The molecule has 0 atom stereocenters. The number of halogens is 1. The first-order chi connectivity index (χ1) is 10.2. The van der Waals surface area contributed by atoms with Gasteiger partial charge in [0.05, 0.1) is 13.2 Å². The summed E-state index contributed by atoms with van der Waals surface area (Å²) in [5, 5.41) is 6.40. The van der Waals surface area contributed by atoms with Gasteiger partial charge in [-0.1, -0.05) is 38.1 Å². The number of nitrogens with one attached hydrogen (secondary N) is 2. The molecule has 0 amide bonds. The predicted octanol–water partition coefficient (Wildman–Crippen LogP) is 3.58. The minimum absolute atomic E-state index is 0. The summed E-state index contributed by atoms with van der Waals surface area (Å²) in [4.78, 5) is 4.58. The Hall–Kier alpha value is -1.24. The molecule has 1 aromatic carbocycles. The lowest BCUT2D eigenvalue weighted by molar-refractivity contribution is 0.268. The van der Waals surface area contributed by atoms with Crippen molar-refractivity contribution in [2.75, 3.05) is 19.7 Å². The Kier molecular flexibility index (Phi) is 11.6. The van der Waals surface area contributed by atoms with Crippen LogP contribution in [0.3, 0.4) is 0 Å². The number of para-hydroxylation sites is 1. The molecule has 0 aliphatic carbocycles. The summed E-state index contributed by atoms with van der Waals surface area (Å²) < 4.78 is 5.85. The lowest BCUT2D eigenvalue weighted by atomic mass is 10.2. The lowest BCUT2D eigenvalue weighted by Crippen LogP contribution is -2.37. The van der Waals surface area contributed by atoms with E-state index in [-0.39, 0.29) is 24.0 Å². The molecule has 0 radical (unpaired) electrons. The van der Waals surface area contributed by atoms with Gasteiger partial charge in [0.1, 0.15) is 5.75 Å². The van der Waals surface area contributed by atoms with Crippen molar-refractivity contribution in [2.24, 2.45) is 10.9 Å². The second-order valence-corrected chi connectivity index (χ2v) is 5.18. The van der Waals surface area contributed by atoms with Gasteiger partial charge in [0.2, 0.25) is 0 Å². The smallest absolute Gasteiger partial charge is 0.191 e. The minimum atomic E-state index is 0. The number of hydrogen-bond donors (Lipinski definition) is 2. The monoisotopic (exact) mass is 417 g/mol. The van der Waals surface area contributed by atoms with Gasteiger partial charge >= 0.3 is 0 Å². The quantitative estimate of drug-likeness (QED) is 0.294. The summed E-state index contributed by atoms with van der Waals surface area (Å²) in [5.41, 5.74) is 1.09. The Morgan fingerprint density at radius 1 is 1.32 bits per heavy atom. The summed E-state index contributed by atoms with van der Waals surface area (Å²) in [6.07, 6.45) is 1.81. The number of aliphatic imine (C=N–C) groups is 1. The number of nitrogens with zero attached hydrogens (tertiary/aromatic N) is 1. The highest BCUT2D eigenvalue weighted by molar-refractivity contribution is 14.0. The summed E-state index contributed by atoms with van der Waals surface area (Å²) >= 11 is 0. The topological polar surface area (TPSA) is 45.7 Å². The molecule has 0 saturated carbocycles. The third-order valence-corrected chi connectivity index (χ3v) is 2.71. The van der Waals surface area contributed by atoms with E-state index in [1.807, 2.05) is 31.2 Å². The van der Waals surface area contributed by atoms with Crippen LogP contribution in [-0.4, -0.2) is 25.7 Å². The van der Waals surface area contributed by atoms with E-state index < -0.39 is 0 Å². The van der Waals surface area contributed by atoms with Crippen molar-refractivity contribution in [2.45, 2.75) is 27.3 Å². The third-order valence-electron chi connectivity index (χ3n) is 2.71. The van der Waals surface area contributed by atoms with E-state index in [1.165, 1.54) is 0 Å². The Morgan fingerprint density at radius 2 is 2.05 bits per heavy atom. The van der Waals surface area contributed by atoms with E-state index in [1.54, 1.807) is 0 Å². The highest BCUT2D eigenvalue weighted by Crippen LogP contribution is 2.19. The van der Waals surface area contributed by atoms with Crippen LogP contribution in [0.2, 0.25) is 0 Å².